The van der Waals surface area contributed by atoms with Crippen LogP contribution >= 0.6 is 0 Å². The summed E-state index contributed by atoms with van der Waals surface area (Å²) in [7, 11) is -3.25. The fourth-order valence-electron chi connectivity index (χ4n) is 3.57. The van der Waals surface area contributed by atoms with Crippen molar-refractivity contribution in [1.29, 1.82) is 0 Å². The minimum atomic E-state index is -3.25. The molecule has 0 bridgehead atoms. The number of H-pyrrole nitrogens is 1. The Hall–Kier alpha value is -2.07. The van der Waals surface area contributed by atoms with Crippen LogP contribution < -0.4 is 9.93 Å². The number of piperidine rings is 1. The fourth-order valence-corrected chi connectivity index (χ4v) is 6.45. The molecule has 2 unspecified atom stereocenters. The van der Waals surface area contributed by atoms with Crippen molar-refractivity contribution in [3.63, 3.8) is 0 Å². The molecule has 0 amide bonds. The van der Waals surface area contributed by atoms with Crippen molar-refractivity contribution in [2.24, 2.45) is 0 Å². The predicted octanol–water partition coefficient (Wildman–Crippen LogP) is 0.502. The van der Waals surface area contributed by atoms with E-state index in [1.165, 1.54) is 10.6 Å². The van der Waals surface area contributed by atoms with Gasteiger partial charge in [-0.15, -0.1) is 0 Å². The van der Waals surface area contributed by atoms with Crippen molar-refractivity contribution >= 4 is 47.4 Å². The molecule has 3 N–H and O–H groups in total. The molecule has 4 heterocycles. The molecule has 1 aliphatic heterocycles. The van der Waals surface area contributed by atoms with E-state index in [2.05, 4.69) is 25.3 Å². The number of anilines is 1. The fraction of sp³-hybridized carbons (Fsp3) is 0.500. The molecule has 0 spiro atoms. The van der Waals surface area contributed by atoms with Crippen LogP contribution in [-0.2, 0) is 10.0 Å². The molecule has 12 heteroatoms. The summed E-state index contributed by atoms with van der Waals surface area (Å²) in [5, 5.41) is 14.2. The molecule has 4 rings (SSSR count). The number of nitrogens with zero attached hydrogens (tertiary/aromatic N) is 5. The molecular weight excluding hydrogens is 493 g/mol. The quantitative estimate of drug-likeness (QED) is 0.383. The van der Waals surface area contributed by atoms with E-state index in [1.807, 2.05) is 6.07 Å². The normalized spacial score (nSPS) is 18.6. The van der Waals surface area contributed by atoms with Crippen LogP contribution in [-0.4, -0.2) is 89.5 Å². The SMILES string of the molecule is CC(C)(O)C[AsH]c1ncc(-c2cnc3[nH]ccc3n2)c(NC2CCCN(S(C)(=O)=O)C2)n1. The molecule has 0 radical (unpaired) electrons. The summed E-state index contributed by atoms with van der Waals surface area (Å²) in [6.07, 6.45) is 8.08. The average Bonchev–Trinajstić information content (AvgIpc) is 3.19. The van der Waals surface area contributed by atoms with Gasteiger partial charge in [-0.25, -0.2) is 0 Å². The van der Waals surface area contributed by atoms with Crippen LogP contribution in [0.1, 0.15) is 26.7 Å². The van der Waals surface area contributed by atoms with Crippen LogP contribution in [0.5, 0.6) is 0 Å². The van der Waals surface area contributed by atoms with E-state index >= 15 is 0 Å². The molecule has 0 aromatic carbocycles. The summed E-state index contributed by atoms with van der Waals surface area (Å²) < 4.78 is 26.3. The maximum atomic E-state index is 12.0. The summed E-state index contributed by atoms with van der Waals surface area (Å²) in [6, 6.07) is 1.78. The zero-order valence-electron chi connectivity index (χ0n) is 18.3. The first-order valence-electron chi connectivity index (χ1n) is 10.4. The number of aliphatic hydroxyl groups is 1. The number of rotatable bonds is 7. The van der Waals surface area contributed by atoms with Crippen LogP contribution in [0.4, 0.5) is 5.82 Å². The van der Waals surface area contributed by atoms with Gasteiger partial charge in [-0.05, 0) is 0 Å². The monoisotopic (exact) mass is 521 g/mol. The molecule has 1 fully saturated rings. The van der Waals surface area contributed by atoms with E-state index in [9.17, 15) is 13.5 Å². The molecule has 10 nitrogen and oxygen atoms in total. The Labute approximate surface area is 194 Å². The number of sulfonamides is 1. The second-order valence-electron chi connectivity index (χ2n) is 8.69. The number of hydrogen-bond acceptors (Lipinski definition) is 8. The molecule has 32 heavy (non-hydrogen) atoms. The molecule has 1 saturated heterocycles. The van der Waals surface area contributed by atoms with Crippen LogP contribution in [0.2, 0.25) is 5.21 Å². The van der Waals surface area contributed by atoms with Crippen molar-refractivity contribution in [3.8, 4) is 11.3 Å². The van der Waals surface area contributed by atoms with Crippen LogP contribution in [0, 0.1) is 0 Å². The van der Waals surface area contributed by atoms with E-state index in [4.69, 9.17) is 4.98 Å². The molecular formula is C20H28AsN7O3S. The van der Waals surface area contributed by atoms with Gasteiger partial charge in [-0.2, -0.15) is 0 Å². The Balaban J connectivity index is 1.66. The maximum absolute atomic E-state index is 12.0. The predicted molar refractivity (Wildman–Crippen MR) is 126 cm³/mol. The third-order valence-corrected chi connectivity index (χ3v) is 9.82. The molecule has 0 aliphatic carbocycles. The van der Waals surface area contributed by atoms with Gasteiger partial charge in [0.15, 0.2) is 0 Å². The molecule has 1 aliphatic rings. The average molecular weight is 521 g/mol. The molecule has 172 valence electrons. The first kappa shape index (κ1) is 23.1. The summed E-state index contributed by atoms with van der Waals surface area (Å²) in [5.41, 5.74) is 2.04. The van der Waals surface area contributed by atoms with Crippen LogP contribution in [0.3, 0.4) is 0 Å². The van der Waals surface area contributed by atoms with E-state index in [-0.39, 0.29) is 6.04 Å². The first-order valence-corrected chi connectivity index (χ1v) is 14.8. The van der Waals surface area contributed by atoms with Crippen molar-refractivity contribution in [3.05, 3.63) is 24.7 Å². The minimum absolute atomic E-state index is 0.0711. The molecule has 3 aromatic rings. The van der Waals surface area contributed by atoms with Gasteiger partial charge in [0.05, 0.1) is 0 Å². The summed E-state index contributed by atoms with van der Waals surface area (Å²) in [4.78, 5) is 21.5. The second kappa shape index (κ2) is 9.05. The van der Waals surface area contributed by atoms with Gasteiger partial charge < -0.3 is 0 Å². The summed E-state index contributed by atoms with van der Waals surface area (Å²) >= 11 is -0.747. The standard InChI is InChI=1S/C20H28AsN7O3S/c1-20(2,29)12-21-19-24-9-14(16-10-23-18-15(26-16)6-7-22-18)17(27-19)25-13-5-4-8-28(11-13)32(3,30)31/h6-7,9-10,13,21,29H,4-5,8,11-12H2,1-3H3,(H,22,23)(H,24,25,27). The van der Waals surface area contributed by atoms with Crippen molar-refractivity contribution in [2.75, 3.05) is 24.7 Å². The van der Waals surface area contributed by atoms with E-state index < -0.39 is 31.4 Å². The Morgan fingerprint density at radius 2 is 2.12 bits per heavy atom. The number of nitrogens with one attached hydrogen (secondary N) is 2. The van der Waals surface area contributed by atoms with Gasteiger partial charge in [0.1, 0.15) is 0 Å². The van der Waals surface area contributed by atoms with Crippen molar-refractivity contribution in [1.82, 2.24) is 29.2 Å². The number of aromatic nitrogens is 5. The third-order valence-electron chi connectivity index (χ3n) is 5.20. The molecule has 2 atom stereocenters. The third kappa shape index (κ3) is 5.64. The second-order valence-corrected chi connectivity index (χ2v) is 13.1. The van der Waals surface area contributed by atoms with E-state index in [0.29, 0.717) is 35.5 Å². The topological polar surface area (TPSA) is 137 Å². The molecule has 3 aromatic heterocycles. The Bertz CT molecular complexity index is 1210. The zero-order chi connectivity index (χ0) is 22.9. The summed E-state index contributed by atoms with van der Waals surface area (Å²) in [6.45, 7) is 4.49. The van der Waals surface area contributed by atoms with Gasteiger partial charge in [0.2, 0.25) is 0 Å². The van der Waals surface area contributed by atoms with Gasteiger partial charge in [0, 0.05) is 0 Å². The van der Waals surface area contributed by atoms with Gasteiger partial charge in [-0.3, -0.25) is 0 Å². The van der Waals surface area contributed by atoms with E-state index in [1.54, 1.807) is 32.4 Å². The van der Waals surface area contributed by atoms with Crippen molar-refractivity contribution in [2.45, 2.75) is 43.5 Å². The van der Waals surface area contributed by atoms with E-state index in [0.717, 1.165) is 28.5 Å². The van der Waals surface area contributed by atoms with Crippen LogP contribution in [0.15, 0.2) is 24.7 Å². The number of aromatic amines is 1. The Kier molecular flexibility index (Phi) is 6.53. The first-order chi connectivity index (χ1) is 15.1. The molecule has 0 saturated carbocycles. The van der Waals surface area contributed by atoms with Gasteiger partial charge >= 0.3 is 194 Å². The number of hydrogen-bond donors (Lipinski definition) is 3. The van der Waals surface area contributed by atoms with Crippen molar-refractivity contribution < 1.29 is 13.5 Å². The Morgan fingerprint density at radius 1 is 1.31 bits per heavy atom. The van der Waals surface area contributed by atoms with Gasteiger partial charge in [0.25, 0.3) is 0 Å². The zero-order valence-corrected chi connectivity index (χ0v) is 21.2. The van der Waals surface area contributed by atoms with Crippen LogP contribution in [0.25, 0.3) is 22.4 Å². The summed E-state index contributed by atoms with van der Waals surface area (Å²) in [5.74, 6) is 0.624. The number of fused-ring (bicyclic) bond motifs is 1. The Morgan fingerprint density at radius 3 is 2.88 bits per heavy atom. The van der Waals surface area contributed by atoms with Gasteiger partial charge in [-0.1, -0.05) is 0 Å².